The van der Waals surface area contributed by atoms with Crippen LogP contribution in [0.3, 0.4) is 0 Å². The number of thioether (sulfide) groups is 2. The maximum atomic E-state index is 14.1. The number of carbonyl (C=O) groups excluding carboxylic acids is 2. The number of fused-ring (bicyclic) bond motifs is 1. The second-order valence-electron chi connectivity index (χ2n) is 7.16. The molecule has 1 aliphatic heterocycles. The number of halogens is 1. The lowest BCUT2D eigenvalue weighted by atomic mass is 10.2. The van der Waals surface area contributed by atoms with Crippen LogP contribution >= 0.6 is 23.5 Å². The number of nitrogens with one attached hydrogen (secondary N) is 1. The third-order valence-electron chi connectivity index (χ3n) is 4.76. The lowest BCUT2D eigenvalue weighted by molar-refractivity contribution is -0.122. The zero-order valence-electron chi connectivity index (χ0n) is 17.6. The molecule has 164 valence electrons. The van der Waals surface area contributed by atoms with Gasteiger partial charge in [0.25, 0.3) is 5.91 Å². The Kier molecular flexibility index (Phi) is 9.03. The van der Waals surface area contributed by atoms with Crippen molar-refractivity contribution in [3.8, 4) is 0 Å². The van der Waals surface area contributed by atoms with Gasteiger partial charge in [-0.3, -0.25) is 14.5 Å². The number of carbonyl (C=O) groups is 2. The van der Waals surface area contributed by atoms with Crippen LogP contribution in [-0.2, 0) is 9.59 Å². The van der Waals surface area contributed by atoms with E-state index in [9.17, 15) is 14.0 Å². The molecular formula is C24H27FN2O2S2. The minimum atomic E-state index is -0.386. The number of benzene rings is 2. The van der Waals surface area contributed by atoms with Crippen molar-refractivity contribution in [3.63, 3.8) is 0 Å². The van der Waals surface area contributed by atoms with E-state index in [4.69, 9.17) is 0 Å². The number of hydrogen-bond acceptors (Lipinski definition) is 4. The first kappa shape index (κ1) is 23.4. The molecule has 1 heterocycles. The normalized spacial score (nSPS) is 14.6. The first-order valence-electron chi connectivity index (χ1n) is 10.5. The van der Waals surface area contributed by atoms with Gasteiger partial charge in [0.2, 0.25) is 5.91 Å². The molecule has 0 saturated heterocycles. The highest BCUT2D eigenvalue weighted by atomic mass is 32.2. The molecule has 3 rings (SSSR count). The molecule has 0 radical (unpaired) electrons. The Bertz CT molecular complexity index is 949. The van der Waals surface area contributed by atoms with Crippen molar-refractivity contribution < 1.29 is 14.0 Å². The van der Waals surface area contributed by atoms with Gasteiger partial charge in [-0.25, -0.2) is 4.39 Å². The zero-order valence-corrected chi connectivity index (χ0v) is 19.2. The van der Waals surface area contributed by atoms with Crippen LogP contribution < -0.4 is 10.2 Å². The van der Waals surface area contributed by atoms with Crippen molar-refractivity contribution in [2.75, 3.05) is 29.5 Å². The summed E-state index contributed by atoms with van der Waals surface area (Å²) in [4.78, 5) is 28.4. The fourth-order valence-corrected chi connectivity index (χ4v) is 5.20. The van der Waals surface area contributed by atoms with Crippen LogP contribution in [0, 0.1) is 5.82 Å². The van der Waals surface area contributed by atoms with E-state index in [2.05, 4.69) is 12.2 Å². The molecular weight excluding hydrogens is 431 g/mol. The van der Waals surface area contributed by atoms with Crippen LogP contribution in [0.1, 0.15) is 31.7 Å². The minimum absolute atomic E-state index is 0.0615. The standard InChI is InChI=1S/C24H27FN2O2S2/c1-2-3-14-30-15-8-13-26-23(28)17-27-20-11-6-7-12-21(20)31-22(24(27)29)16-18-9-4-5-10-19(18)25/h4-7,9-12,16H,2-3,8,13-15,17H2,1H3,(H,26,28)/b22-16-. The van der Waals surface area contributed by atoms with E-state index in [1.54, 1.807) is 24.3 Å². The van der Waals surface area contributed by atoms with Crippen molar-refractivity contribution in [3.05, 3.63) is 64.8 Å². The van der Waals surface area contributed by atoms with Crippen molar-refractivity contribution in [1.82, 2.24) is 5.32 Å². The van der Waals surface area contributed by atoms with Gasteiger partial charge in [-0.05, 0) is 48.6 Å². The number of amides is 2. The molecule has 1 N–H and O–H groups in total. The summed E-state index contributed by atoms with van der Waals surface area (Å²) in [6, 6.07) is 13.8. The average Bonchev–Trinajstić information content (AvgIpc) is 2.77. The first-order chi connectivity index (χ1) is 15.1. The van der Waals surface area contributed by atoms with Crippen LogP contribution in [0.25, 0.3) is 6.08 Å². The van der Waals surface area contributed by atoms with Crippen LogP contribution in [-0.4, -0.2) is 36.4 Å². The molecule has 0 unspecified atom stereocenters. The first-order valence-corrected chi connectivity index (χ1v) is 12.5. The summed E-state index contributed by atoms with van der Waals surface area (Å²) in [6.07, 6.45) is 4.87. The number of nitrogens with zero attached hydrogens (tertiary/aromatic N) is 1. The van der Waals surface area contributed by atoms with Gasteiger partial charge in [0.1, 0.15) is 12.4 Å². The molecule has 4 nitrogen and oxygen atoms in total. The molecule has 0 bridgehead atoms. The summed E-state index contributed by atoms with van der Waals surface area (Å²) in [7, 11) is 0. The summed E-state index contributed by atoms with van der Waals surface area (Å²) < 4.78 is 14.1. The number of para-hydroxylation sites is 1. The maximum Gasteiger partial charge on any atom is 0.265 e. The summed E-state index contributed by atoms with van der Waals surface area (Å²) in [5.41, 5.74) is 1.05. The van der Waals surface area contributed by atoms with E-state index in [0.717, 1.165) is 22.8 Å². The molecule has 0 atom stereocenters. The highest BCUT2D eigenvalue weighted by Gasteiger charge is 2.30. The molecule has 2 aromatic rings. The molecule has 0 saturated carbocycles. The van der Waals surface area contributed by atoms with Crippen molar-refractivity contribution in [2.24, 2.45) is 0 Å². The summed E-state index contributed by atoms with van der Waals surface area (Å²) in [5.74, 6) is 1.29. The van der Waals surface area contributed by atoms with Crippen molar-refractivity contribution in [2.45, 2.75) is 31.1 Å². The van der Waals surface area contributed by atoms with E-state index in [0.29, 0.717) is 22.7 Å². The fraction of sp³-hybridized carbons (Fsp3) is 0.333. The Labute approximate surface area is 191 Å². The van der Waals surface area contributed by atoms with Crippen LogP contribution in [0.5, 0.6) is 0 Å². The van der Waals surface area contributed by atoms with Gasteiger partial charge in [-0.15, -0.1) is 0 Å². The average molecular weight is 459 g/mol. The Morgan fingerprint density at radius 2 is 1.87 bits per heavy atom. The molecule has 1 aliphatic rings. The molecule has 2 aromatic carbocycles. The lowest BCUT2D eigenvalue weighted by Crippen LogP contribution is -2.43. The number of anilines is 1. The van der Waals surface area contributed by atoms with Gasteiger partial charge in [-0.2, -0.15) is 11.8 Å². The van der Waals surface area contributed by atoms with Gasteiger partial charge in [-0.1, -0.05) is 55.4 Å². The molecule has 0 aliphatic carbocycles. The van der Waals surface area contributed by atoms with Gasteiger partial charge < -0.3 is 5.32 Å². The highest BCUT2D eigenvalue weighted by Crippen LogP contribution is 2.42. The molecule has 0 aromatic heterocycles. The maximum absolute atomic E-state index is 14.1. The second-order valence-corrected chi connectivity index (χ2v) is 9.47. The third kappa shape index (κ3) is 6.61. The number of unbranched alkanes of at least 4 members (excludes halogenated alkanes) is 1. The largest absolute Gasteiger partial charge is 0.355 e. The Hall–Kier alpha value is -2.25. The molecule has 31 heavy (non-hydrogen) atoms. The topological polar surface area (TPSA) is 49.4 Å². The van der Waals surface area contributed by atoms with Crippen molar-refractivity contribution in [1.29, 1.82) is 0 Å². The molecule has 2 amide bonds. The van der Waals surface area contributed by atoms with Crippen LogP contribution in [0.4, 0.5) is 10.1 Å². The smallest absolute Gasteiger partial charge is 0.265 e. The highest BCUT2D eigenvalue weighted by molar-refractivity contribution is 8.04. The fourth-order valence-electron chi connectivity index (χ4n) is 3.10. The van der Waals surface area contributed by atoms with Gasteiger partial charge in [0.05, 0.1) is 10.6 Å². The SMILES string of the molecule is CCCCSCCCNC(=O)CN1C(=O)/C(=C/c2ccccc2F)Sc2ccccc21. The molecule has 0 spiro atoms. The Morgan fingerprint density at radius 1 is 1.13 bits per heavy atom. The van der Waals surface area contributed by atoms with Crippen molar-refractivity contribution >= 4 is 47.1 Å². The Morgan fingerprint density at radius 3 is 2.68 bits per heavy atom. The van der Waals surface area contributed by atoms with Crippen LogP contribution in [0.15, 0.2) is 58.3 Å². The Balaban J connectivity index is 1.66. The summed E-state index contributed by atoms with van der Waals surface area (Å²) in [5, 5.41) is 2.91. The zero-order chi connectivity index (χ0) is 22.1. The van der Waals surface area contributed by atoms with E-state index in [1.807, 2.05) is 36.0 Å². The van der Waals surface area contributed by atoms with Crippen LogP contribution in [0.2, 0.25) is 0 Å². The second kappa shape index (κ2) is 12.0. The van der Waals surface area contributed by atoms with E-state index >= 15 is 0 Å². The third-order valence-corrected chi connectivity index (χ3v) is 6.99. The lowest BCUT2D eigenvalue weighted by Gasteiger charge is -2.29. The predicted molar refractivity (Wildman–Crippen MR) is 129 cm³/mol. The summed E-state index contributed by atoms with van der Waals surface area (Å²) in [6.45, 7) is 2.71. The van der Waals surface area contributed by atoms with Gasteiger partial charge in [0.15, 0.2) is 0 Å². The number of rotatable bonds is 10. The summed E-state index contributed by atoms with van der Waals surface area (Å²) >= 11 is 3.20. The van der Waals surface area contributed by atoms with Gasteiger partial charge >= 0.3 is 0 Å². The van der Waals surface area contributed by atoms with E-state index in [-0.39, 0.29) is 24.2 Å². The predicted octanol–water partition coefficient (Wildman–Crippen LogP) is 5.35. The van der Waals surface area contributed by atoms with Gasteiger partial charge in [0, 0.05) is 17.0 Å². The molecule has 0 fully saturated rings. The van der Waals surface area contributed by atoms with E-state index in [1.165, 1.54) is 35.6 Å². The number of hydrogen-bond donors (Lipinski definition) is 1. The minimum Gasteiger partial charge on any atom is -0.355 e. The monoisotopic (exact) mass is 458 g/mol. The molecule has 7 heteroatoms. The quantitative estimate of drug-likeness (QED) is 0.385. The van der Waals surface area contributed by atoms with E-state index < -0.39 is 0 Å².